The summed E-state index contributed by atoms with van der Waals surface area (Å²) in [6.45, 7) is 3.75. The van der Waals surface area contributed by atoms with Crippen LogP contribution in [0.4, 0.5) is 0 Å². The Kier molecular flexibility index (Phi) is 5.11. The largest absolute Gasteiger partial charge is 0.352 e. The minimum atomic E-state index is -3.50. The minimum Gasteiger partial charge on any atom is -0.352 e. The Bertz CT molecular complexity index is 680. The second-order valence-corrected chi connectivity index (χ2v) is 6.51. The Morgan fingerprint density at radius 2 is 1.95 bits per heavy atom. The molecule has 0 bridgehead atoms. The third-order valence-corrected chi connectivity index (χ3v) is 4.53. The molecule has 2 aromatic heterocycles. The molecule has 2 aromatic rings. The molecule has 0 saturated heterocycles. The molecular weight excluding hydrogens is 288 g/mol. The van der Waals surface area contributed by atoms with Crippen LogP contribution in [0.25, 0.3) is 0 Å². The second-order valence-electron chi connectivity index (χ2n) is 4.74. The zero-order valence-corrected chi connectivity index (χ0v) is 13.0. The smallest absolute Gasteiger partial charge is 0.242 e. The van der Waals surface area contributed by atoms with Crippen LogP contribution in [0.1, 0.15) is 18.2 Å². The normalized spacial score (nSPS) is 11.7. The van der Waals surface area contributed by atoms with Gasteiger partial charge in [0.25, 0.3) is 0 Å². The molecule has 0 aromatic carbocycles. The Morgan fingerprint density at radius 3 is 2.62 bits per heavy atom. The third-order valence-electron chi connectivity index (χ3n) is 3.16. The van der Waals surface area contributed by atoms with Crippen LogP contribution < -0.4 is 10.0 Å². The monoisotopic (exact) mass is 308 g/mol. The van der Waals surface area contributed by atoms with Gasteiger partial charge >= 0.3 is 0 Å². The summed E-state index contributed by atoms with van der Waals surface area (Å²) in [6.07, 6.45) is 4.91. The summed E-state index contributed by atoms with van der Waals surface area (Å²) in [4.78, 5) is 4.19. The van der Waals surface area contributed by atoms with Gasteiger partial charge in [0.1, 0.15) is 0 Å². The number of sulfonamides is 1. The average molecular weight is 308 g/mol. The summed E-state index contributed by atoms with van der Waals surface area (Å²) in [6, 6.07) is 5.26. The first kappa shape index (κ1) is 15.7. The molecule has 0 atom stereocenters. The summed E-state index contributed by atoms with van der Waals surface area (Å²) >= 11 is 0. The summed E-state index contributed by atoms with van der Waals surface area (Å²) in [5.41, 5.74) is 1.80. The van der Waals surface area contributed by atoms with Gasteiger partial charge in [-0.15, -0.1) is 0 Å². The van der Waals surface area contributed by atoms with E-state index in [0.717, 1.165) is 17.8 Å². The van der Waals surface area contributed by atoms with Crippen molar-refractivity contribution in [3.63, 3.8) is 0 Å². The number of pyridine rings is 1. The number of hydrogen-bond donors (Lipinski definition) is 2. The minimum absolute atomic E-state index is 0.252. The van der Waals surface area contributed by atoms with Crippen molar-refractivity contribution in [2.24, 2.45) is 7.05 Å². The lowest BCUT2D eigenvalue weighted by molar-refractivity contribution is 0.581. The van der Waals surface area contributed by atoms with Crippen molar-refractivity contribution in [3.05, 3.63) is 48.0 Å². The highest BCUT2D eigenvalue weighted by atomic mass is 32.2. The van der Waals surface area contributed by atoms with Crippen molar-refractivity contribution in [2.45, 2.75) is 24.9 Å². The van der Waals surface area contributed by atoms with Crippen molar-refractivity contribution in [2.75, 3.05) is 6.54 Å². The van der Waals surface area contributed by atoms with Gasteiger partial charge in [-0.05, 0) is 30.3 Å². The zero-order chi connectivity index (χ0) is 15.3. The Balaban J connectivity index is 2.09. The lowest BCUT2D eigenvalue weighted by Gasteiger charge is -2.04. The standard InChI is InChI=1S/C14H20N4O2S/c1-3-15-10-13-8-14(11-18(13)2)21(19,20)17-9-12-4-6-16-7-5-12/h4-8,11,15,17H,3,9-10H2,1-2H3. The molecule has 0 spiro atoms. The van der Waals surface area contributed by atoms with E-state index in [4.69, 9.17) is 0 Å². The fraction of sp³-hybridized carbons (Fsp3) is 0.357. The molecule has 6 nitrogen and oxygen atoms in total. The first-order valence-corrected chi connectivity index (χ1v) is 8.26. The molecule has 0 aliphatic rings. The maximum Gasteiger partial charge on any atom is 0.242 e. The SMILES string of the molecule is CCNCc1cc(S(=O)(=O)NCc2ccncc2)cn1C. The van der Waals surface area contributed by atoms with Crippen LogP contribution >= 0.6 is 0 Å². The molecule has 0 fully saturated rings. The van der Waals surface area contributed by atoms with Crippen LogP contribution in [0.15, 0.2) is 41.7 Å². The quantitative estimate of drug-likeness (QED) is 0.800. The van der Waals surface area contributed by atoms with Gasteiger partial charge in [0.05, 0.1) is 4.90 Å². The number of rotatable bonds is 7. The molecule has 0 aliphatic heterocycles. The second kappa shape index (κ2) is 6.84. The van der Waals surface area contributed by atoms with Crippen LogP contribution in [-0.2, 0) is 30.2 Å². The van der Waals surface area contributed by atoms with E-state index in [2.05, 4.69) is 15.0 Å². The summed E-state index contributed by atoms with van der Waals surface area (Å²) in [5, 5.41) is 3.18. The molecule has 2 rings (SSSR count). The molecule has 0 amide bonds. The Labute approximate surface area is 125 Å². The van der Waals surface area contributed by atoms with Crippen molar-refractivity contribution < 1.29 is 8.42 Å². The van der Waals surface area contributed by atoms with Gasteiger partial charge in [0.15, 0.2) is 0 Å². The van der Waals surface area contributed by atoms with E-state index in [9.17, 15) is 8.42 Å². The molecule has 21 heavy (non-hydrogen) atoms. The molecule has 7 heteroatoms. The van der Waals surface area contributed by atoms with Crippen molar-refractivity contribution in [3.8, 4) is 0 Å². The maximum absolute atomic E-state index is 12.3. The lowest BCUT2D eigenvalue weighted by atomic mass is 10.3. The van der Waals surface area contributed by atoms with Gasteiger partial charge in [-0.3, -0.25) is 4.98 Å². The van der Waals surface area contributed by atoms with Crippen molar-refractivity contribution in [1.29, 1.82) is 0 Å². The van der Waals surface area contributed by atoms with E-state index in [0.29, 0.717) is 6.54 Å². The molecule has 0 aliphatic carbocycles. The number of nitrogens with one attached hydrogen (secondary N) is 2. The highest BCUT2D eigenvalue weighted by Crippen LogP contribution is 2.14. The lowest BCUT2D eigenvalue weighted by Crippen LogP contribution is -2.22. The molecule has 0 radical (unpaired) electrons. The van der Waals surface area contributed by atoms with Gasteiger partial charge in [-0.2, -0.15) is 0 Å². The van der Waals surface area contributed by atoms with E-state index in [-0.39, 0.29) is 11.4 Å². The highest BCUT2D eigenvalue weighted by molar-refractivity contribution is 7.89. The molecule has 0 saturated carbocycles. The van der Waals surface area contributed by atoms with Crippen molar-refractivity contribution >= 4 is 10.0 Å². The Morgan fingerprint density at radius 1 is 1.24 bits per heavy atom. The molecule has 114 valence electrons. The van der Waals surface area contributed by atoms with Gasteiger partial charge in [-0.25, -0.2) is 13.1 Å². The number of nitrogens with zero attached hydrogens (tertiary/aromatic N) is 2. The van der Waals surface area contributed by atoms with Crippen molar-refractivity contribution in [1.82, 2.24) is 19.6 Å². The number of hydrogen-bond acceptors (Lipinski definition) is 4. The number of aryl methyl sites for hydroxylation is 1. The number of aromatic nitrogens is 2. The van der Waals surface area contributed by atoms with Crippen LogP contribution in [0.2, 0.25) is 0 Å². The predicted molar refractivity (Wildman–Crippen MR) is 81.1 cm³/mol. The Hall–Kier alpha value is -1.70. The van der Waals surface area contributed by atoms with Gasteiger partial charge in [0.2, 0.25) is 10.0 Å². The van der Waals surface area contributed by atoms with Gasteiger partial charge in [-0.1, -0.05) is 6.92 Å². The van der Waals surface area contributed by atoms with Crippen LogP contribution in [0, 0.1) is 0 Å². The van der Waals surface area contributed by atoms with Gasteiger partial charge in [0, 0.05) is 44.4 Å². The molecular formula is C14H20N4O2S. The van der Waals surface area contributed by atoms with Crippen LogP contribution in [-0.4, -0.2) is 24.5 Å². The zero-order valence-electron chi connectivity index (χ0n) is 12.2. The molecule has 2 heterocycles. The van der Waals surface area contributed by atoms with Crippen LogP contribution in [0.5, 0.6) is 0 Å². The van der Waals surface area contributed by atoms with E-state index >= 15 is 0 Å². The fourth-order valence-corrected chi connectivity index (χ4v) is 3.03. The van der Waals surface area contributed by atoms with E-state index in [1.807, 2.05) is 18.5 Å². The van der Waals surface area contributed by atoms with E-state index in [1.54, 1.807) is 36.8 Å². The molecule has 2 N–H and O–H groups in total. The third kappa shape index (κ3) is 4.13. The highest BCUT2D eigenvalue weighted by Gasteiger charge is 2.17. The first-order chi connectivity index (χ1) is 10.0. The predicted octanol–water partition coefficient (Wildman–Crippen LogP) is 1.01. The van der Waals surface area contributed by atoms with E-state index in [1.165, 1.54) is 0 Å². The topological polar surface area (TPSA) is 76.0 Å². The summed E-state index contributed by atoms with van der Waals surface area (Å²) < 4.78 is 29.0. The van der Waals surface area contributed by atoms with Crippen LogP contribution in [0.3, 0.4) is 0 Å². The molecule has 0 unspecified atom stereocenters. The fourth-order valence-electron chi connectivity index (χ4n) is 1.92. The maximum atomic E-state index is 12.3. The van der Waals surface area contributed by atoms with E-state index < -0.39 is 10.0 Å². The summed E-state index contributed by atoms with van der Waals surface area (Å²) in [5.74, 6) is 0. The average Bonchev–Trinajstić information content (AvgIpc) is 2.86. The van der Waals surface area contributed by atoms with Gasteiger partial charge < -0.3 is 9.88 Å². The summed E-state index contributed by atoms with van der Waals surface area (Å²) in [7, 11) is -1.66. The first-order valence-electron chi connectivity index (χ1n) is 6.77.